The summed E-state index contributed by atoms with van der Waals surface area (Å²) in [6, 6.07) is 4.05. The molecular weight excluding hydrogens is 291 g/mol. The molecule has 2 aliphatic carbocycles. The summed E-state index contributed by atoms with van der Waals surface area (Å²) in [6.45, 7) is 0.309. The monoisotopic (exact) mass is 312 g/mol. The van der Waals surface area contributed by atoms with Crippen LogP contribution in [0.4, 0.5) is 4.39 Å². The molecular formula is C15H21FN2O2S. The Morgan fingerprint density at radius 3 is 2.38 bits per heavy atom. The second-order valence-electron chi connectivity index (χ2n) is 6.11. The highest BCUT2D eigenvalue weighted by atomic mass is 32.2. The average molecular weight is 312 g/mol. The third-order valence-electron chi connectivity index (χ3n) is 4.25. The van der Waals surface area contributed by atoms with Crippen LogP contribution < -0.4 is 10.0 Å². The van der Waals surface area contributed by atoms with Crippen LogP contribution >= 0.6 is 0 Å². The topological polar surface area (TPSA) is 58.2 Å². The van der Waals surface area contributed by atoms with Crippen LogP contribution in [0.5, 0.6) is 0 Å². The molecule has 0 aliphatic heterocycles. The van der Waals surface area contributed by atoms with Gasteiger partial charge in [-0.25, -0.2) is 17.5 Å². The summed E-state index contributed by atoms with van der Waals surface area (Å²) in [5.41, 5.74) is 0.370. The lowest BCUT2D eigenvalue weighted by molar-refractivity contribution is 0.471. The number of benzene rings is 1. The fourth-order valence-corrected chi connectivity index (χ4v) is 4.20. The zero-order valence-electron chi connectivity index (χ0n) is 12.1. The molecule has 2 fully saturated rings. The molecule has 2 aliphatic rings. The molecule has 2 saturated carbocycles. The van der Waals surface area contributed by atoms with Crippen LogP contribution in [0.15, 0.2) is 23.1 Å². The summed E-state index contributed by atoms with van der Waals surface area (Å²) in [5.74, 6) is 0.596. The summed E-state index contributed by atoms with van der Waals surface area (Å²) >= 11 is 0. The van der Waals surface area contributed by atoms with Gasteiger partial charge in [0.05, 0.1) is 4.90 Å². The SMILES string of the molecule is CNCc1cc(S(=O)(=O)NC(C2CC2)C2CC2)ccc1F. The third-order valence-corrected chi connectivity index (χ3v) is 5.70. The second-order valence-corrected chi connectivity index (χ2v) is 7.82. The van der Waals surface area contributed by atoms with Crippen molar-refractivity contribution in [1.29, 1.82) is 0 Å². The van der Waals surface area contributed by atoms with Gasteiger partial charge in [0.25, 0.3) is 0 Å². The van der Waals surface area contributed by atoms with E-state index in [0.29, 0.717) is 23.9 Å². The lowest BCUT2D eigenvalue weighted by Crippen LogP contribution is -2.38. The Morgan fingerprint density at radius 2 is 1.86 bits per heavy atom. The van der Waals surface area contributed by atoms with E-state index in [4.69, 9.17) is 0 Å². The summed E-state index contributed by atoms with van der Waals surface area (Å²) < 4.78 is 41.5. The number of hydrogen-bond donors (Lipinski definition) is 2. The first-order chi connectivity index (χ1) is 10.0. The van der Waals surface area contributed by atoms with Crippen molar-refractivity contribution in [3.8, 4) is 0 Å². The van der Waals surface area contributed by atoms with Crippen molar-refractivity contribution in [3.05, 3.63) is 29.6 Å². The first kappa shape index (κ1) is 14.9. The van der Waals surface area contributed by atoms with E-state index in [1.54, 1.807) is 7.05 Å². The first-order valence-corrected chi connectivity index (χ1v) is 8.95. The molecule has 0 bridgehead atoms. The normalized spacial score (nSPS) is 19.2. The molecule has 0 radical (unpaired) electrons. The summed E-state index contributed by atoms with van der Waals surface area (Å²) in [5, 5.41) is 2.85. The van der Waals surface area contributed by atoms with E-state index in [2.05, 4.69) is 10.0 Å². The Labute approximate surface area is 125 Å². The van der Waals surface area contributed by atoms with Gasteiger partial charge in [-0.1, -0.05) is 0 Å². The largest absolute Gasteiger partial charge is 0.316 e. The number of nitrogens with one attached hydrogen (secondary N) is 2. The number of hydrogen-bond acceptors (Lipinski definition) is 3. The van der Waals surface area contributed by atoms with Crippen LogP contribution in [-0.2, 0) is 16.6 Å². The lowest BCUT2D eigenvalue weighted by atomic mass is 10.1. The minimum Gasteiger partial charge on any atom is -0.316 e. The Kier molecular flexibility index (Phi) is 4.03. The maximum Gasteiger partial charge on any atom is 0.240 e. The van der Waals surface area contributed by atoms with Crippen molar-refractivity contribution in [2.75, 3.05) is 7.05 Å². The van der Waals surface area contributed by atoms with Gasteiger partial charge in [0.15, 0.2) is 0 Å². The van der Waals surface area contributed by atoms with Gasteiger partial charge in [0, 0.05) is 18.2 Å². The molecule has 116 valence electrons. The Morgan fingerprint density at radius 1 is 1.24 bits per heavy atom. The van der Waals surface area contributed by atoms with Gasteiger partial charge < -0.3 is 5.32 Å². The summed E-state index contributed by atoms with van der Waals surface area (Å²) in [7, 11) is -1.87. The minimum atomic E-state index is -3.57. The van der Waals surface area contributed by atoms with Crippen molar-refractivity contribution in [2.24, 2.45) is 11.8 Å². The molecule has 2 N–H and O–H groups in total. The molecule has 6 heteroatoms. The Hall–Kier alpha value is -0.980. The predicted molar refractivity (Wildman–Crippen MR) is 78.7 cm³/mol. The van der Waals surface area contributed by atoms with Crippen molar-refractivity contribution in [1.82, 2.24) is 10.0 Å². The molecule has 1 aromatic carbocycles. The maximum atomic E-state index is 13.6. The van der Waals surface area contributed by atoms with Crippen LogP contribution in [0.2, 0.25) is 0 Å². The highest BCUT2D eigenvalue weighted by molar-refractivity contribution is 7.89. The van der Waals surface area contributed by atoms with Crippen molar-refractivity contribution in [2.45, 2.75) is 43.2 Å². The molecule has 4 nitrogen and oxygen atoms in total. The van der Waals surface area contributed by atoms with Crippen molar-refractivity contribution < 1.29 is 12.8 Å². The number of rotatable bonds is 7. The van der Waals surface area contributed by atoms with E-state index in [9.17, 15) is 12.8 Å². The van der Waals surface area contributed by atoms with E-state index < -0.39 is 10.0 Å². The molecule has 0 saturated heterocycles. The fourth-order valence-electron chi connectivity index (χ4n) is 2.78. The second kappa shape index (κ2) is 5.66. The third kappa shape index (κ3) is 3.44. The standard InChI is InChI=1S/C15H21FN2O2S/c1-17-9-12-8-13(6-7-14(12)16)21(19,20)18-15(10-2-3-10)11-4-5-11/h6-8,10-11,15,17-18H,2-5,9H2,1H3. The van der Waals surface area contributed by atoms with Gasteiger partial charge in [-0.15, -0.1) is 0 Å². The van der Waals surface area contributed by atoms with Crippen LogP contribution in [0.3, 0.4) is 0 Å². The molecule has 0 atom stereocenters. The quantitative estimate of drug-likeness (QED) is 0.810. The van der Waals surface area contributed by atoms with Gasteiger partial charge in [-0.3, -0.25) is 0 Å². The van der Waals surface area contributed by atoms with Gasteiger partial charge in [0.1, 0.15) is 5.82 Å². The zero-order valence-corrected chi connectivity index (χ0v) is 12.9. The minimum absolute atomic E-state index is 0.0628. The molecule has 3 rings (SSSR count). The molecule has 0 unspecified atom stereocenters. The van der Waals surface area contributed by atoms with Crippen LogP contribution in [0.25, 0.3) is 0 Å². The Bertz CT molecular complexity index is 613. The highest BCUT2D eigenvalue weighted by Gasteiger charge is 2.43. The van der Waals surface area contributed by atoms with Crippen LogP contribution in [-0.4, -0.2) is 21.5 Å². The highest BCUT2D eigenvalue weighted by Crippen LogP contribution is 2.45. The van der Waals surface area contributed by atoms with E-state index in [1.165, 1.54) is 18.2 Å². The Balaban J connectivity index is 1.81. The van der Waals surface area contributed by atoms with E-state index in [1.807, 2.05) is 0 Å². The first-order valence-electron chi connectivity index (χ1n) is 7.46. The van der Waals surface area contributed by atoms with E-state index >= 15 is 0 Å². The maximum absolute atomic E-state index is 13.6. The lowest BCUT2D eigenvalue weighted by Gasteiger charge is -2.18. The molecule has 1 aromatic rings. The van der Waals surface area contributed by atoms with Gasteiger partial charge in [-0.05, 0) is 62.8 Å². The molecule has 0 amide bonds. The van der Waals surface area contributed by atoms with Gasteiger partial charge in [-0.2, -0.15) is 0 Å². The average Bonchev–Trinajstić information content (AvgIpc) is 3.31. The van der Waals surface area contributed by atoms with Crippen molar-refractivity contribution >= 4 is 10.0 Å². The summed E-state index contributed by atoms with van der Waals surface area (Å²) in [6.07, 6.45) is 4.44. The molecule has 21 heavy (non-hydrogen) atoms. The summed E-state index contributed by atoms with van der Waals surface area (Å²) in [4.78, 5) is 0.153. The van der Waals surface area contributed by atoms with E-state index in [-0.39, 0.29) is 16.8 Å². The van der Waals surface area contributed by atoms with E-state index in [0.717, 1.165) is 25.7 Å². The smallest absolute Gasteiger partial charge is 0.240 e. The van der Waals surface area contributed by atoms with Gasteiger partial charge in [0.2, 0.25) is 10.0 Å². The molecule has 0 heterocycles. The number of sulfonamides is 1. The van der Waals surface area contributed by atoms with Crippen LogP contribution in [0.1, 0.15) is 31.2 Å². The van der Waals surface area contributed by atoms with Gasteiger partial charge >= 0.3 is 0 Å². The predicted octanol–water partition coefficient (Wildman–Crippen LogP) is 2.01. The fraction of sp³-hybridized carbons (Fsp3) is 0.600. The van der Waals surface area contributed by atoms with Crippen LogP contribution in [0, 0.1) is 17.7 Å². The molecule has 0 aromatic heterocycles. The molecule has 0 spiro atoms. The van der Waals surface area contributed by atoms with Crippen molar-refractivity contribution in [3.63, 3.8) is 0 Å². The number of halogens is 1. The zero-order chi connectivity index (χ0) is 15.0.